The molecule has 104 valence electrons. The highest BCUT2D eigenvalue weighted by Gasteiger charge is 2.25. The van der Waals surface area contributed by atoms with E-state index in [4.69, 9.17) is 20.2 Å². The maximum atomic E-state index is 6.13. The van der Waals surface area contributed by atoms with Gasteiger partial charge in [0.25, 0.3) is 0 Å². The molecule has 0 bridgehead atoms. The zero-order valence-electron chi connectivity index (χ0n) is 11.4. The lowest BCUT2D eigenvalue weighted by atomic mass is 10.0. The molecule has 0 fully saturated rings. The predicted octanol–water partition coefficient (Wildman–Crippen LogP) is 2.11. The summed E-state index contributed by atoms with van der Waals surface area (Å²) in [7, 11) is 0. The lowest BCUT2D eigenvalue weighted by Gasteiger charge is -2.27. The van der Waals surface area contributed by atoms with Crippen LogP contribution >= 0.6 is 0 Å². The zero-order chi connectivity index (χ0) is 13.7. The Morgan fingerprint density at radius 3 is 3.05 bits per heavy atom. The minimum atomic E-state index is 0.210. The standard InChI is InChI=1S/C15H17N3O2/c1-9-11(16)3-5-15-17-12(7-18(9)15)10-2-4-13-14(6-10)20-8-19-13/h2,4,6-7,9,11H,3,5,8,16H2,1H3. The molecule has 2 unspecified atom stereocenters. The van der Waals surface area contributed by atoms with Crippen LogP contribution < -0.4 is 15.2 Å². The summed E-state index contributed by atoms with van der Waals surface area (Å²) in [4.78, 5) is 4.74. The van der Waals surface area contributed by atoms with Crippen molar-refractivity contribution in [2.24, 2.45) is 5.73 Å². The van der Waals surface area contributed by atoms with E-state index in [-0.39, 0.29) is 6.04 Å². The lowest BCUT2D eigenvalue weighted by Crippen LogP contribution is -2.35. The van der Waals surface area contributed by atoms with Gasteiger partial charge in [-0.2, -0.15) is 0 Å². The van der Waals surface area contributed by atoms with Gasteiger partial charge < -0.3 is 19.8 Å². The van der Waals surface area contributed by atoms with Crippen LogP contribution in [-0.2, 0) is 6.42 Å². The summed E-state index contributed by atoms with van der Waals surface area (Å²) in [5.74, 6) is 2.71. The van der Waals surface area contributed by atoms with E-state index in [1.807, 2.05) is 18.2 Å². The number of benzene rings is 1. The number of hydrogen-bond donors (Lipinski definition) is 1. The second-order valence-corrected chi connectivity index (χ2v) is 5.46. The number of nitrogens with zero attached hydrogens (tertiary/aromatic N) is 2. The van der Waals surface area contributed by atoms with E-state index in [9.17, 15) is 0 Å². The highest BCUT2D eigenvalue weighted by molar-refractivity contribution is 5.64. The average molecular weight is 271 g/mol. The van der Waals surface area contributed by atoms with Gasteiger partial charge in [-0.15, -0.1) is 0 Å². The van der Waals surface area contributed by atoms with Crippen molar-refractivity contribution in [2.75, 3.05) is 6.79 Å². The number of hydrogen-bond acceptors (Lipinski definition) is 4. The van der Waals surface area contributed by atoms with Gasteiger partial charge >= 0.3 is 0 Å². The highest BCUT2D eigenvalue weighted by atomic mass is 16.7. The van der Waals surface area contributed by atoms with E-state index in [2.05, 4.69) is 17.7 Å². The summed E-state index contributed by atoms with van der Waals surface area (Å²) in [5.41, 5.74) is 8.15. The van der Waals surface area contributed by atoms with E-state index in [1.54, 1.807) is 0 Å². The quantitative estimate of drug-likeness (QED) is 0.863. The van der Waals surface area contributed by atoms with Gasteiger partial charge in [-0.25, -0.2) is 4.98 Å². The van der Waals surface area contributed by atoms with E-state index in [0.29, 0.717) is 12.8 Å². The molecule has 2 aliphatic heterocycles. The molecule has 2 N–H and O–H groups in total. The van der Waals surface area contributed by atoms with Crippen LogP contribution in [0.3, 0.4) is 0 Å². The molecule has 2 aromatic rings. The number of rotatable bonds is 1. The molecule has 4 rings (SSSR count). The van der Waals surface area contributed by atoms with Crippen LogP contribution in [0, 0.1) is 0 Å². The Kier molecular flexibility index (Phi) is 2.50. The van der Waals surface area contributed by atoms with Gasteiger partial charge in [-0.1, -0.05) is 0 Å². The molecule has 3 heterocycles. The average Bonchev–Trinajstić information content (AvgIpc) is 3.08. The van der Waals surface area contributed by atoms with Crippen LogP contribution in [0.4, 0.5) is 0 Å². The van der Waals surface area contributed by atoms with Gasteiger partial charge in [0.1, 0.15) is 5.82 Å². The Labute approximate surface area is 117 Å². The first-order valence-corrected chi connectivity index (χ1v) is 6.96. The number of fused-ring (bicyclic) bond motifs is 2. The monoisotopic (exact) mass is 271 g/mol. The molecule has 0 spiro atoms. The lowest BCUT2D eigenvalue weighted by molar-refractivity contribution is 0.174. The predicted molar refractivity (Wildman–Crippen MR) is 74.8 cm³/mol. The molecule has 2 aliphatic rings. The van der Waals surface area contributed by atoms with Crippen molar-refractivity contribution >= 4 is 0 Å². The maximum absolute atomic E-state index is 6.13. The second-order valence-electron chi connectivity index (χ2n) is 5.46. The molecule has 1 aromatic carbocycles. The molecule has 0 saturated carbocycles. The largest absolute Gasteiger partial charge is 0.454 e. The first kappa shape index (κ1) is 11.8. The van der Waals surface area contributed by atoms with Gasteiger partial charge in [-0.3, -0.25) is 0 Å². The molecule has 5 nitrogen and oxygen atoms in total. The van der Waals surface area contributed by atoms with Gasteiger partial charge in [-0.05, 0) is 31.5 Å². The van der Waals surface area contributed by atoms with E-state index in [0.717, 1.165) is 41.4 Å². The Bertz CT molecular complexity index is 665. The summed E-state index contributed by atoms with van der Waals surface area (Å²) in [5, 5.41) is 0. The van der Waals surface area contributed by atoms with Crippen LogP contribution in [-0.4, -0.2) is 22.4 Å². The first-order chi connectivity index (χ1) is 9.72. The van der Waals surface area contributed by atoms with E-state index >= 15 is 0 Å². The molecule has 0 aliphatic carbocycles. The van der Waals surface area contributed by atoms with Crippen molar-refractivity contribution in [2.45, 2.75) is 31.8 Å². The van der Waals surface area contributed by atoms with Gasteiger partial charge in [0.05, 0.1) is 5.69 Å². The van der Waals surface area contributed by atoms with Crippen molar-refractivity contribution in [3.05, 3.63) is 30.2 Å². The molecule has 20 heavy (non-hydrogen) atoms. The Hall–Kier alpha value is -2.01. The number of ether oxygens (including phenoxy) is 2. The number of aromatic nitrogens is 2. The fourth-order valence-electron chi connectivity index (χ4n) is 2.91. The fraction of sp³-hybridized carbons (Fsp3) is 0.400. The third kappa shape index (κ3) is 1.70. The maximum Gasteiger partial charge on any atom is 0.231 e. The molecule has 0 saturated heterocycles. The molecular weight excluding hydrogens is 254 g/mol. The summed E-state index contributed by atoms with van der Waals surface area (Å²) < 4.78 is 13.0. The third-order valence-electron chi connectivity index (χ3n) is 4.24. The van der Waals surface area contributed by atoms with Crippen LogP contribution in [0.15, 0.2) is 24.4 Å². The SMILES string of the molecule is CC1C(N)CCc2nc(-c3ccc4c(c3)OCO4)cn21. The Balaban J connectivity index is 1.75. The van der Waals surface area contributed by atoms with Crippen molar-refractivity contribution in [1.82, 2.24) is 9.55 Å². The number of aryl methyl sites for hydroxylation is 1. The summed E-state index contributed by atoms with van der Waals surface area (Å²) in [6.45, 7) is 2.45. The van der Waals surface area contributed by atoms with E-state index in [1.165, 1.54) is 0 Å². The van der Waals surface area contributed by atoms with Crippen LogP contribution in [0.25, 0.3) is 11.3 Å². The second kappa shape index (κ2) is 4.24. The van der Waals surface area contributed by atoms with Gasteiger partial charge in [0.15, 0.2) is 11.5 Å². The molecule has 2 atom stereocenters. The highest BCUT2D eigenvalue weighted by Crippen LogP contribution is 2.36. The molecule has 0 radical (unpaired) electrons. The molecular formula is C15H17N3O2. The van der Waals surface area contributed by atoms with Crippen molar-refractivity contribution in [1.29, 1.82) is 0 Å². The van der Waals surface area contributed by atoms with Crippen molar-refractivity contribution < 1.29 is 9.47 Å². The summed E-state index contributed by atoms with van der Waals surface area (Å²) in [6.07, 6.45) is 4.03. The van der Waals surface area contributed by atoms with Gasteiger partial charge in [0.2, 0.25) is 6.79 Å². The summed E-state index contributed by atoms with van der Waals surface area (Å²) >= 11 is 0. The van der Waals surface area contributed by atoms with Crippen LogP contribution in [0.1, 0.15) is 25.2 Å². The fourth-order valence-corrected chi connectivity index (χ4v) is 2.91. The van der Waals surface area contributed by atoms with Gasteiger partial charge in [0, 0.05) is 30.3 Å². The first-order valence-electron chi connectivity index (χ1n) is 6.96. The summed E-state index contributed by atoms with van der Waals surface area (Å²) in [6, 6.07) is 6.45. The minimum absolute atomic E-state index is 0.210. The molecule has 5 heteroatoms. The number of imidazole rings is 1. The Morgan fingerprint density at radius 1 is 1.30 bits per heavy atom. The minimum Gasteiger partial charge on any atom is -0.454 e. The molecule has 0 amide bonds. The topological polar surface area (TPSA) is 62.3 Å². The number of nitrogens with two attached hydrogens (primary N) is 1. The third-order valence-corrected chi connectivity index (χ3v) is 4.24. The van der Waals surface area contributed by atoms with Crippen LogP contribution in [0.2, 0.25) is 0 Å². The smallest absolute Gasteiger partial charge is 0.231 e. The molecule has 1 aromatic heterocycles. The normalized spacial score (nSPS) is 23.7. The van der Waals surface area contributed by atoms with Crippen molar-refractivity contribution in [3.63, 3.8) is 0 Å². The van der Waals surface area contributed by atoms with Crippen molar-refractivity contribution in [3.8, 4) is 22.8 Å². The van der Waals surface area contributed by atoms with Crippen LogP contribution in [0.5, 0.6) is 11.5 Å². The van der Waals surface area contributed by atoms with E-state index < -0.39 is 0 Å². The Morgan fingerprint density at radius 2 is 2.15 bits per heavy atom. The zero-order valence-corrected chi connectivity index (χ0v) is 11.4.